The Labute approximate surface area is 46.7 Å². The molecule has 0 spiro atoms. The summed E-state index contributed by atoms with van der Waals surface area (Å²) in [4.78, 5) is 0. The summed E-state index contributed by atoms with van der Waals surface area (Å²) in [5, 5.41) is 11.8. The molecule has 0 aromatic rings. The van der Waals surface area contributed by atoms with Crippen LogP contribution in [0.15, 0.2) is 0 Å². The molecule has 2 saturated heterocycles. The fraction of sp³-hybridized carbons (Fsp3) is 1.00. The first-order valence-electron chi connectivity index (χ1n) is 2.86. The van der Waals surface area contributed by atoms with Crippen molar-refractivity contribution in [2.24, 2.45) is 5.92 Å². The highest BCUT2D eigenvalue weighted by Crippen LogP contribution is 2.36. The molecule has 8 heavy (non-hydrogen) atoms. The predicted molar refractivity (Wildman–Crippen MR) is 26.2 cm³/mol. The third-order valence-corrected chi connectivity index (χ3v) is 2.15. The summed E-state index contributed by atoms with van der Waals surface area (Å²) in [6.07, 6.45) is -1.17. The van der Waals surface area contributed by atoms with E-state index in [0.29, 0.717) is 6.54 Å². The highest BCUT2D eigenvalue weighted by atomic mass is 19.1. The lowest BCUT2D eigenvalue weighted by Crippen LogP contribution is -2.53. The molecule has 2 aliphatic heterocycles. The van der Waals surface area contributed by atoms with Crippen LogP contribution in [0.1, 0.15) is 0 Å². The van der Waals surface area contributed by atoms with Gasteiger partial charge in [-0.1, -0.05) is 0 Å². The van der Waals surface area contributed by atoms with E-state index >= 15 is 0 Å². The van der Waals surface area contributed by atoms with Gasteiger partial charge < -0.3 is 10.4 Å². The Hall–Kier alpha value is -0.150. The Bertz CT molecular complexity index is 97.0. The van der Waals surface area contributed by atoms with Gasteiger partial charge in [-0.2, -0.15) is 0 Å². The van der Waals surface area contributed by atoms with Crippen LogP contribution in [-0.4, -0.2) is 30.0 Å². The Morgan fingerprint density at radius 3 is 2.50 bits per heavy atom. The maximum Gasteiger partial charge on any atom is 0.124 e. The number of rotatable bonds is 0. The van der Waals surface area contributed by atoms with E-state index in [0.717, 1.165) is 0 Å². The maximum atomic E-state index is 12.4. The zero-order valence-electron chi connectivity index (χ0n) is 4.34. The lowest BCUT2D eigenvalue weighted by atomic mass is 9.81. The van der Waals surface area contributed by atoms with Gasteiger partial charge in [-0.05, 0) is 0 Å². The van der Waals surface area contributed by atoms with Gasteiger partial charge in [0.2, 0.25) is 0 Å². The molecule has 3 aliphatic rings. The third-order valence-electron chi connectivity index (χ3n) is 2.15. The van der Waals surface area contributed by atoms with Crippen molar-refractivity contribution < 1.29 is 9.50 Å². The summed E-state index contributed by atoms with van der Waals surface area (Å²) in [7, 11) is 0. The number of halogens is 1. The quantitative estimate of drug-likeness (QED) is 0.439. The van der Waals surface area contributed by atoms with Crippen LogP contribution in [0.5, 0.6) is 0 Å². The molecule has 3 fully saturated rings. The van der Waals surface area contributed by atoms with Crippen LogP contribution in [0.2, 0.25) is 0 Å². The van der Waals surface area contributed by atoms with Gasteiger partial charge in [0.05, 0.1) is 12.1 Å². The van der Waals surface area contributed by atoms with Crippen molar-refractivity contribution in [3.05, 3.63) is 0 Å². The Kier molecular flexibility index (Phi) is 0.718. The molecule has 0 unspecified atom stereocenters. The maximum absolute atomic E-state index is 12.4. The second-order valence-electron chi connectivity index (χ2n) is 2.53. The minimum Gasteiger partial charge on any atom is -0.391 e. The van der Waals surface area contributed by atoms with Gasteiger partial charge in [-0.25, -0.2) is 4.39 Å². The smallest absolute Gasteiger partial charge is 0.124 e. The number of fused-ring (bicyclic) bond motifs is 1. The van der Waals surface area contributed by atoms with Crippen molar-refractivity contribution in [2.45, 2.75) is 18.3 Å². The number of aliphatic hydroxyl groups excluding tert-OH is 1. The topological polar surface area (TPSA) is 32.3 Å². The van der Waals surface area contributed by atoms with Gasteiger partial charge in [0.15, 0.2) is 0 Å². The number of hydrogen-bond acceptors (Lipinski definition) is 2. The van der Waals surface area contributed by atoms with Crippen LogP contribution in [0, 0.1) is 5.92 Å². The first kappa shape index (κ1) is 4.70. The number of nitrogens with one attached hydrogen (secondary N) is 1. The van der Waals surface area contributed by atoms with E-state index in [1.165, 1.54) is 0 Å². The summed E-state index contributed by atoms with van der Waals surface area (Å²) in [5.41, 5.74) is 0. The molecule has 0 radical (unpaired) electrons. The number of hydrogen-bond donors (Lipinski definition) is 2. The third kappa shape index (κ3) is 0.317. The predicted octanol–water partition coefficient (Wildman–Crippen LogP) is -0.713. The molecule has 2 heterocycles. The van der Waals surface area contributed by atoms with E-state index in [1.54, 1.807) is 0 Å². The van der Waals surface area contributed by atoms with Crippen LogP contribution in [-0.2, 0) is 0 Å². The van der Waals surface area contributed by atoms with E-state index in [1.807, 2.05) is 0 Å². The second-order valence-corrected chi connectivity index (χ2v) is 2.53. The Balaban J connectivity index is 2.15. The van der Waals surface area contributed by atoms with Gasteiger partial charge in [-0.3, -0.25) is 0 Å². The second kappa shape index (κ2) is 1.22. The first-order valence-corrected chi connectivity index (χ1v) is 2.86. The molecule has 3 rings (SSSR count). The van der Waals surface area contributed by atoms with Gasteiger partial charge in [0.1, 0.15) is 6.17 Å². The average Bonchev–Trinajstić information content (AvgIpc) is 2.26. The summed E-state index contributed by atoms with van der Waals surface area (Å²) in [6.45, 7) is 0.660. The minimum atomic E-state index is -0.773. The van der Waals surface area contributed by atoms with Gasteiger partial charge in [0.25, 0.3) is 0 Å². The summed E-state index contributed by atoms with van der Waals surface area (Å²) < 4.78 is 12.4. The van der Waals surface area contributed by atoms with Gasteiger partial charge in [-0.15, -0.1) is 0 Å². The van der Waals surface area contributed by atoms with Gasteiger partial charge >= 0.3 is 0 Å². The lowest BCUT2D eigenvalue weighted by molar-refractivity contribution is -0.0297. The van der Waals surface area contributed by atoms with E-state index < -0.39 is 12.3 Å². The van der Waals surface area contributed by atoms with Crippen LogP contribution < -0.4 is 5.32 Å². The van der Waals surface area contributed by atoms with Crippen molar-refractivity contribution in [1.82, 2.24) is 5.32 Å². The van der Waals surface area contributed by atoms with Gasteiger partial charge in [0, 0.05) is 12.5 Å². The number of alkyl halides is 1. The standard InChI is InChI=1S/C5H8FNO/c6-3-2-1-7-4(3)5(2)8/h2-5,7-8H,1H2/t2-,3+,4+,5-/m1/s1. The zero-order valence-corrected chi connectivity index (χ0v) is 4.34. The van der Waals surface area contributed by atoms with E-state index in [9.17, 15) is 4.39 Å². The molecule has 2 bridgehead atoms. The molecule has 0 aromatic carbocycles. The van der Waals surface area contributed by atoms with Crippen LogP contribution >= 0.6 is 0 Å². The minimum absolute atomic E-state index is 0.0972. The molecule has 0 amide bonds. The van der Waals surface area contributed by atoms with Crippen molar-refractivity contribution in [3.8, 4) is 0 Å². The van der Waals surface area contributed by atoms with Crippen molar-refractivity contribution in [1.29, 1.82) is 0 Å². The number of aliphatic hydroxyl groups is 1. The Morgan fingerprint density at radius 1 is 1.62 bits per heavy atom. The van der Waals surface area contributed by atoms with E-state index in [4.69, 9.17) is 5.11 Å². The average molecular weight is 117 g/mol. The fourth-order valence-corrected chi connectivity index (χ4v) is 1.50. The fourth-order valence-electron chi connectivity index (χ4n) is 1.50. The molecule has 4 atom stereocenters. The first-order chi connectivity index (χ1) is 3.80. The summed E-state index contributed by atoms with van der Waals surface area (Å²) in [6, 6.07) is -0.236. The van der Waals surface area contributed by atoms with Crippen molar-refractivity contribution in [2.75, 3.05) is 6.54 Å². The normalized spacial score (nSPS) is 60.8. The summed E-state index contributed by atoms with van der Waals surface area (Å²) >= 11 is 0. The van der Waals surface area contributed by atoms with E-state index in [2.05, 4.69) is 5.32 Å². The SMILES string of the molecule is O[C@@H]1[C@@H]2CN[C@H]1[C@H]2F. The molecule has 2 nitrogen and oxygen atoms in total. The lowest BCUT2D eigenvalue weighted by Gasteiger charge is -2.33. The largest absolute Gasteiger partial charge is 0.391 e. The molecule has 46 valence electrons. The summed E-state index contributed by atoms with van der Waals surface area (Å²) in [5.74, 6) is -0.0972. The monoisotopic (exact) mass is 117 g/mol. The Morgan fingerprint density at radius 2 is 2.38 bits per heavy atom. The highest BCUT2D eigenvalue weighted by Gasteiger charge is 2.55. The van der Waals surface area contributed by atoms with Crippen molar-refractivity contribution >= 4 is 0 Å². The van der Waals surface area contributed by atoms with Crippen LogP contribution in [0.25, 0.3) is 0 Å². The molecular weight excluding hydrogens is 109 g/mol. The highest BCUT2D eigenvalue weighted by molar-refractivity contribution is 5.10. The molecular formula is C5H8FNO. The molecule has 3 heteroatoms. The molecule has 1 saturated carbocycles. The molecule has 2 N–H and O–H groups in total. The van der Waals surface area contributed by atoms with Crippen molar-refractivity contribution in [3.63, 3.8) is 0 Å². The van der Waals surface area contributed by atoms with Crippen LogP contribution in [0.3, 0.4) is 0 Å². The van der Waals surface area contributed by atoms with Crippen LogP contribution in [0.4, 0.5) is 4.39 Å². The molecule has 1 aliphatic carbocycles. The zero-order chi connectivity index (χ0) is 5.72. The molecule has 0 aromatic heterocycles. The van der Waals surface area contributed by atoms with E-state index in [-0.39, 0.29) is 12.0 Å².